The van der Waals surface area contributed by atoms with Gasteiger partial charge < -0.3 is 0 Å². The first-order valence-electron chi connectivity index (χ1n) is 7.81. The number of hydrogen-bond donors (Lipinski definition) is 0. The molecule has 0 aliphatic heterocycles. The smallest absolute Gasteiger partial charge is 0.258 e. The van der Waals surface area contributed by atoms with E-state index in [1.807, 2.05) is 12.1 Å². The van der Waals surface area contributed by atoms with E-state index >= 15 is 0 Å². The van der Waals surface area contributed by atoms with Crippen LogP contribution in [0.4, 0.5) is 5.69 Å². The van der Waals surface area contributed by atoms with Crippen LogP contribution in [-0.4, -0.2) is 4.92 Å². The van der Waals surface area contributed by atoms with Crippen LogP contribution in [0.5, 0.6) is 0 Å². The molecule has 0 amide bonds. The molecule has 1 aromatic rings. The van der Waals surface area contributed by atoms with E-state index in [9.17, 15) is 10.1 Å². The minimum absolute atomic E-state index is 0.247. The maximum atomic E-state index is 11.1. The van der Waals surface area contributed by atoms with Gasteiger partial charge in [-0.25, -0.2) is 0 Å². The summed E-state index contributed by atoms with van der Waals surface area (Å²) in [4.78, 5) is 10.9. The van der Waals surface area contributed by atoms with E-state index in [2.05, 4.69) is 6.92 Å². The van der Waals surface area contributed by atoms with Crippen LogP contribution < -0.4 is 0 Å². The van der Waals surface area contributed by atoms with Crippen LogP contribution >= 0.6 is 0 Å². The third-order valence-electron chi connectivity index (χ3n) is 6.04. The van der Waals surface area contributed by atoms with Gasteiger partial charge in [0, 0.05) is 12.1 Å². The van der Waals surface area contributed by atoms with Gasteiger partial charge in [-0.05, 0) is 79.7 Å². The van der Waals surface area contributed by atoms with Crippen LogP contribution in [0.25, 0.3) is 0 Å². The van der Waals surface area contributed by atoms with Crippen LogP contribution in [0.1, 0.15) is 49.7 Å². The molecule has 0 radical (unpaired) electrons. The fraction of sp³-hybridized carbons (Fsp3) is 0.647. The molecule has 4 bridgehead atoms. The highest BCUT2D eigenvalue weighted by Crippen LogP contribution is 2.61. The monoisotopic (exact) mass is 271 g/mol. The second-order valence-electron chi connectivity index (χ2n) is 7.45. The van der Waals surface area contributed by atoms with Gasteiger partial charge in [0.2, 0.25) is 0 Å². The third kappa shape index (κ3) is 1.72. The summed E-state index contributed by atoms with van der Waals surface area (Å²) in [5, 5.41) is 11.1. The van der Waals surface area contributed by atoms with Gasteiger partial charge in [0.1, 0.15) is 0 Å². The molecule has 106 valence electrons. The first-order chi connectivity index (χ1) is 9.56. The van der Waals surface area contributed by atoms with Gasteiger partial charge in [-0.3, -0.25) is 10.1 Å². The minimum Gasteiger partial charge on any atom is -0.258 e. The number of nitro benzene ring substituents is 1. The number of benzene rings is 1. The van der Waals surface area contributed by atoms with Crippen molar-refractivity contribution in [2.45, 2.75) is 50.9 Å². The van der Waals surface area contributed by atoms with Crippen LogP contribution in [0, 0.1) is 34.8 Å². The van der Waals surface area contributed by atoms with Crippen molar-refractivity contribution in [1.29, 1.82) is 0 Å². The molecule has 0 saturated heterocycles. The summed E-state index contributed by atoms with van der Waals surface area (Å²) in [7, 11) is 0. The largest absolute Gasteiger partial charge is 0.269 e. The summed E-state index contributed by atoms with van der Waals surface area (Å²) in [6.07, 6.45) is 8.02. The Labute approximate surface area is 119 Å². The Morgan fingerprint density at radius 2 is 1.65 bits per heavy atom. The van der Waals surface area contributed by atoms with E-state index in [0.29, 0.717) is 0 Å². The molecule has 4 aliphatic rings. The second kappa shape index (κ2) is 4.06. The summed E-state index contributed by atoms with van der Waals surface area (Å²) >= 11 is 0. The van der Waals surface area contributed by atoms with Crippen molar-refractivity contribution in [3.8, 4) is 0 Å². The molecule has 0 N–H and O–H groups in total. The highest BCUT2D eigenvalue weighted by molar-refractivity contribution is 5.44. The highest BCUT2D eigenvalue weighted by atomic mass is 16.6. The Hall–Kier alpha value is -1.38. The number of nitro groups is 1. The fourth-order valence-electron chi connectivity index (χ4n) is 5.74. The van der Waals surface area contributed by atoms with E-state index in [-0.39, 0.29) is 16.0 Å². The van der Waals surface area contributed by atoms with E-state index < -0.39 is 0 Å². The zero-order chi connectivity index (χ0) is 13.9. The summed E-state index contributed by atoms with van der Waals surface area (Å²) in [5.41, 5.74) is 3.05. The standard InChI is InChI=1S/C17H21NO2/c1-11-2-3-15(18(19)20)7-16(11)17-8-12-4-13(9-17)6-14(5-12)10-17/h2-3,7,12-14H,4-6,8-10H2,1H3. The van der Waals surface area contributed by atoms with Crippen molar-refractivity contribution >= 4 is 5.69 Å². The quantitative estimate of drug-likeness (QED) is 0.592. The Kier molecular flexibility index (Phi) is 2.51. The SMILES string of the molecule is Cc1ccc([N+](=O)[O-])cc1C12CC3CC(CC(C3)C1)C2. The van der Waals surface area contributed by atoms with Crippen LogP contribution in [0.15, 0.2) is 18.2 Å². The lowest BCUT2D eigenvalue weighted by molar-refractivity contribution is -0.385. The Bertz CT molecular complexity index is 543. The zero-order valence-corrected chi connectivity index (χ0v) is 12.0. The second-order valence-corrected chi connectivity index (χ2v) is 7.45. The summed E-state index contributed by atoms with van der Waals surface area (Å²) in [6, 6.07) is 5.48. The van der Waals surface area contributed by atoms with E-state index in [1.54, 1.807) is 6.07 Å². The molecule has 0 unspecified atom stereocenters. The first kappa shape index (κ1) is 12.4. The molecule has 1 aromatic carbocycles. The fourth-order valence-corrected chi connectivity index (χ4v) is 5.74. The maximum absolute atomic E-state index is 11.1. The average molecular weight is 271 g/mol. The molecule has 0 spiro atoms. The van der Waals surface area contributed by atoms with Gasteiger partial charge in [0.05, 0.1) is 4.92 Å². The van der Waals surface area contributed by atoms with E-state index in [0.717, 1.165) is 17.8 Å². The predicted octanol–water partition coefficient (Wildman–Crippen LogP) is 4.37. The van der Waals surface area contributed by atoms with E-state index in [1.165, 1.54) is 49.7 Å². The molecule has 3 nitrogen and oxygen atoms in total. The van der Waals surface area contributed by atoms with Crippen molar-refractivity contribution in [2.75, 3.05) is 0 Å². The predicted molar refractivity (Wildman–Crippen MR) is 77.7 cm³/mol. The lowest BCUT2D eigenvalue weighted by Gasteiger charge is -2.57. The molecule has 0 atom stereocenters. The molecule has 4 saturated carbocycles. The van der Waals surface area contributed by atoms with Gasteiger partial charge in [0.15, 0.2) is 0 Å². The summed E-state index contributed by atoms with van der Waals surface area (Å²) in [6.45, 7) is 2.12. The number of rotatable bonds is 2. The molecule has 4 fully saturated rings. The van der Waals surface area contributed by atoms with Gasteiger partial charge >= 0.3 is 0 Å². The highest BCUT2D eigenvalue weighted by Gasteiger charge is 2.52. The topological polar surface area (TPSA) is 43.1 Å². The van der Waals surface area contributed by atoms with Crippen LogP contribution in [0.2, 0.25) is 0 Å². The van der Waals surface area contributed by atoms with Crippen molar-refractivity contribution in [1.82, 2.24) is 0 Å². The molecule has 5 rings (SSSR count). The molecular weight excluding hydrogens is 250 g/mol. The van der Waals surface area contributed by atoms with Crippen molar-refractivity contribution < 1.29 is 4.92 Å². The third-order valence-corrected chi connectivity index (χ3v) is 6.04. The van der Waals surface area contributed by atoms with Gasteiger partial charge in [0.25, 0.3) is 5.69 Å². The van der Waals surface area contributed by atoms with Gasteiger partial charge in [-0.15, -0.1) is 0 Å². The Morgan fingerprint density at radius 1 is 1.10 bits per heavy atom. The van der Waals surface area contributed by atoms with Crippen LogP contribution in [0.3, 0.4) is 0 Å². The number of nitrogens with zero attached hydrogens (tertiary/aromatic N) is 1. The molecular formula is C17H21NO2. The summed E-state index contributed by atoms with van der Waals surface area (Å²) in [5.74, 6) is 2.62. The minimum atomic E-state index is -0.247. The molecule has 0 heterocycles. The Morgan fingerprint density at radius 3 is 2.15 bits per heavy atom. The number of aryl methyl sites for hydroxylation is 1. The Balaban J connectivity index is 1.80. The van der Waals surface area contributed by atoms with Crippen molar-refractivity contribution in [3.63, 3.8) is 0 Å². The summed E-state index contributed by atoms with van der Waals surface area (Å²) < 4.78 is 0. The lowest BCUT2D eigenvalue weighted by Crippen LogP contribution is -2.48. The van der Waals surface area contributed by atoms with Gasteiger partial charge in [-0.2, -0.15) is 0 Å². The number of non-ortho nitro benzene ring substituents is 1. The number of hydrogen-bond acceptors (Lipinski definition) is 2. The van der Waals surface area contributed by atoms with Gasteiger partial charge in [-0.1, -0.05) is 6.07 Å². The first-order valence-corrected chi connectivity index (χ1v) is 7.81. The van der Waals surface area contributed by atoms with Crippen molar-refractivity contribution in [2.24, 2.45) is 17.8 Å². The normalized spacial score (nSPS) is 38.1. The van der Waals surface area contributed by atoms with Crippen molar-refractivity contribution in [3.05, 3.63) is 39.4 Å². The van der Waals surface area contributed by atoms with Crippen LogP contribution in [-0.2, 0) is 5.41 Å². The lowest BCUT2D eigenvalue weighted by atomic mass is 9.47. The average Bonchev–Trinajstić information content (AvgIpc) is 2.37. The molecule has 4 aliphatic carbocycles. The maximum Gasteiger partial charge on any atom is 0.269 e. The van der Waals surface area contributed by atoms with E-state index in [4.69, 9.17) is 0 Å². The molecule has 3 heteroatoms. The zero-order valence-electron chi connectivity index (χ0n) is 12.0. The molecule has 0 aromatic heterocycles. The molecule has 20 heavy (non-hydrogen) atoms.